The molecule has 1 saturated carbocycles. The van der Waals surface area contributed by atoms with Gasteiger partial charge in [0.15, 0.2) is 5.13 Å². The molecular weight excluding hydrogens is 358 g/mol. The van der Waals surface area contributed by atoms with Crippen molar-refractivity contribution < 1.29 is 9.59 Å². The van der Waals surface area contributed by atoms with Gasteiger partial charge in [-0.15, -0.1) is 11.3 Å². The van der Waals surface area contributed by atoms with E-state index < -0.39 is 0 Å². The maximum absolute atomic E-state index is 12.9. The van der Waals surface area contributed by atoms with Crippen LogP contribution >= 0.6 is 11.3 Å². The largest absolute Gasteiger partial charge is 0.327 e. The van der Waals surface area contributed by atoms with E-state index in [1.165, 1.54) is 17.8 Å². The van der Waals surface area contributed by atoms with Gasteiger partial charge in [0.25, 0.3) is 0 Å². The number of carbonyl (C=O) groups is 2. The Morgan fingerprint density at radius 1 is 1.22 bits per heavy atom. The van der Waals surface area contributed by atoms with Crippen LogP contribution in [0.15, 0.2) is 41.8 Å². The van der Waals surface area contributed by atoms with Gasteiger partial charge >= 0.3 is 0 Å². The van der Waals surface area contributed by atoms with Crippen LogP contribution in [-0.2, 0) is 9.59 Å². The second-order valence-corrected chi connectivity index (χ2v) is 7.70. The Hall–Kier alpha value is -2.47. The Labute approximate surface area is 164 Å². The number of benzene rings is 1. The summed E-state index contributed by atoms with van der Waals surface area (Å²) in [5.41, 5.74) is 1.85. The molecule has 1 N–H and O–H groups in total. The number of hydrogen-bond donors (Lipinski definition) is 1. The van der Waals surface area contributed by atoms with E-state index in [0.717, 1.165) is 36.9 Å². The first-order valence-electron chi connectivity index (χ1n) is 9.37. The van der Waals surface area contributed by atoms with E-state index in [1.54, 1.807) is 17.1 Å². The van der Waals surface area contributed by atoms with Gasteiger partial charge in [0.05, 0.1) is 5.69 Å². The summed E-state index contributed by atoms with van der Waals surface area (Å²) in [7, 11) is 0. The number of aromatic nitrogens is 1. The smallest absolute Gasteiger partial charge is 0.247 e. The third kappa shape index (κ3) is 5.76. The Morgan fingerprint density at radius 3 is 2.63 bits per heavy atom. The minimum atomic E-state index is -0.198. The van der Waals surface area contributed by atoms with Crippen molar-refractivity contribution >= 4 is 34.4 Å². The molecule has 2 aromatic rings. The first-order chi connectivity index (χ1) is 13.1. The number of carbonyl (C=O) groups excluding carboxylic acids is 2. The minimum absolute atomic E-state index is 0.0568. The van der Waals surface area contributed by atoms with Crippen molar-refractivity contribution in [3.05, 3.63) is 53.0 Å². The highest BCUT2D eigenvalue weighted by atomic mass is 32.1. The van der Waals surface area contributed by atoms with Crippen LogP contribution in [0.3, 0.4) is 0 Å². The molecule has 1 aliphatic rings. The van der Waals surface area contributed by atoms with Crippen LogP contribution < -0.4 is 5.32 Å². The maximum atomic E-state index is 12.9. The van der Waals surface area contributed by atoms with Crippen LogP contribution in [0.4, 0.5) is 5.13 Å². The molecule has 0 spiro atoms. The van der Waals surface area contributed by atoms with Gasteiger partial charge in [-0.2, -0.15) is 0 Å². The van der Waals surface area contributed by atoms with E-state index >= 15 is 0 Å². The molecule has 5 nitrogen and oxygen atoms in total. The Morgan fingerprint density at radius 2 is 1.96 bits per heavy atom. The summed E-state index contributed by atoms with van der Waals surface area (Å²) in [5, 5.41) is 5.28. The lowest BCUT2D eigenvalue weighted by Crippen LogP contribution is -2.45. The standard InChI is InChI=1S/C21H25N3O2S/c1-16-15-27-21(22-16)23-19(25)14-24(18-10-6-3-7-11-18)20(26)13-12-17-8-4-2-5-9-17/h2,4-5,8-9,12-13,15,18H,3,6-7,10-11,14H2,1H3,(H,22,23,25)/b13-12+. The molecule has 6 heteroatoms. The lowest BCUT2D eigenvalue weighted by Gasteiger charge is -2.33. The molecule has 3 rings (SSSR count). The molecule has 1 fully saturated rings. The van der Waals surface area contributed by atoms with Crippen LogP contribution in [0.25, 0.3) is 6.08 Å². The van der Waals surface area contributed by atoms with Crippen LogP contribution in [0.5, 0.6) is 0 Å². The fraction of sp³-hybridized carbons (Fsp3) is 0.381. The molecule has 1 aliphatic carbocycles. The summed E-state index contributed by atoms with van der Waals surface area (Å²) in [6.45, 7) is 1.94. The molecule has 0 radical (unpaired) electrons. The zero-order chi connectivity index (χ0) is 19.1. The zero-order valence-corrected chi connectivity index (χ0v) is 16.4. The van der Waals surface area contributed by atoms with Gasteiger partial charge in [-0.25, -0.2) is 4.98 Å². The van der Waals surface area contributed by atoms with Crippen molar-refractivity contribution in [2.24, 2.45) is 0 Å². The summed E-state index contributed by atoms with van der Waals surface area (Å²) in [4.78, 5) is 31.3. The van der Waals surface area contributed by atoms with Gasteiger partial charge in [0, 0.05) is 17.5 Å². The van der Waals surface area contributed by atoms with Crippen molar-refractivity contribution in [2.45, 2.75) is 45.1 Å². The van der Waals surface area contributed by atoms with Crippen molar-refractivity contribution in [2.75, 3.05) is 11.9 Å². The van der Waals surface area contributed by atoms with Gasteiger partial charge in [0.1, 0.15) is 6.54 Å². The number of anilines is 1. The topological polar surface area (TPSA) is 62.3 Å². The van der Waals surface area contributed by atoms with Gasteiger partial charge in [-0.1, -0.05) is 49.6 Å². The van der Waals surface area contributed by atoms with Crippen LogP contribution in [0.2, 0.25) is 0 Å². The molecule has 0 unspecified atom stereocenters. The summed E-state index contributed by atoms with van der Waals surface area (Å²) < 4.78 is 0. The molecule has 27 heavy (non-hydrogen) atoms. The summed E-state index contributed by atoms with van der Waals surface area (Å²) in [5.74, 6) is -0.312. The summed E-state index contributed by atoms with van der Waals surface area (Å²) in [6.07, 6.45) is 8.69. The van der Waals surface area contributed by atoms with E-state index in [1.807, 2.05) is 42.6 Å². The average molecular weight is 384 g/mol. The fourth-order valence-electron chi connectivity index (χ4n) is 3.33. The van der Waals surface area contributed by atoms with Crippen LogP contribution in [0.1, 0.15) is 43.4 Å². The number of hydrogen-bond acceptors (Lipinski definition) is 4. The zero-order valence-electron chi connectivity index (χ0n) is 15.6. The molecule has 0 bridgehead atoms. The number of aryl methyl sites for hydroxylation is 1. The molecule has 2 amide bonds. The Balaban J connectivity index is 1.68. The van der Waals surface area contributed by atoms with Gasteiger partial charge < -0.3 is 10.2 Å². The molecule has 1 heterocycles. The van der Waals surface area contributed by atoms with E-state index in [9.17, 15) is 9.59 Å². The highest BCUT2D eigenvalue weighted by Gasteiger charge is 2.26. The third-order valence-electron chi connectivity index (χ3n) is 4.70. The van der Waals surface area contributed by atoms with Gasteiger partial charge in [0.2, 0.25) is 11.8 Å². The lowest BCUT2D eigenvalue weighted by atomic mass is 9.94. The summed E-state index contributed by atoms with van der Waals surface area (Å²) in [6, 6.07) is 9.84. The van der Waals surface area contributed by atoms with Crippen molar-refractivity contribution in [1.29, 1.82) is 0 Å². The quantitative estimate of drug-likeness (QED) is 0.758. The second-order valence-electron chi connectivity index (χ2n) is 6.84. The Bertz CT molecular complexity index is 795. The molecule has 0 atom stereocenters. The molecule has 142 valence electrons. The number of thiazole rings is 1. The first-order valence-corrected chi connectivity index (χ1v) is 10.3. The highest BCUT2D eigenvalue weighted by molar-refractivity contribution is 7.13. The first kappa shape index (κ1) is 19.3. The molecule has 0 aliphatic heterocycles. The molecule has 1 aromatic heterocycles. The number of nitrogens with zero attached hydrogens (tertiary/aromatic N) is 2. The van der Waals surface area contributed by atoms with Crippen LogP contribution in [0, 0.1) is 6.92 Å². The van der Waals surface area contributed by atoms with Gasteiger partial charge in [-0.05, 0) is 31.4 Å². The van der Waals surface area contributed by atoms with Crippen molar-refractivity contribution in [3.63, 3.8) is 0 Å². The monoisotopic (exact) mass is 383 g/mol. The van der Waals surface area contributed by atoms with Crippen LogP contribution in [-0.4, -0.2) is 34.3 Å². The van der Waals surface area contributed by atoms with Crippen molar-refractivity contribution in [3.8, 4) is 0 Å². The second kappa shape index (κ2) is 9.46. The van der Waals surface area contributed by atoms with E-state index in [-0.39, 0.29) is 24.4 Å². The minimum Gasteiger partial charge on any atom is -0.327 e. The predicted octanol–water partition coefficient (Wildman–Crippen LogP) is 4.26. The average Bonchev–Trinajstić information content (AvgIpc) is 3.10. The number of amides is 2. The lowest BCUT2D eigenvalue weighted by molar-refractivity contribution is -0.133. The summed E-state index contributed by atoms with van der Waals surface area (Å²) >= 11 is 1.40. The molecular formula is C21H25N3O2S. The van der Waals surface area contributed by atoms with E-state index in [4.69, 9.17) is 0 Å². The fourth-order valence-corrected chi connectivity index (χ4v) is 4.04. The Kier molecular flexibility index (Phi) is 6.76. The SMILES string of the molecule is Cc1csc(NC(=O)CN(C(=O)/C=C/c2ccccc2)C2CCCCC2)n1. The molecule has 1 aromatic carbocycles. The predicted molar refractivity (Wildman–Crippen MR) is 110 cm³/mol. The number of nitrogens with one attached hydrogen (secondary N) is 1. The van der Waals surface area contributed by atoms with E-state index in [0.29, 0.717) is 5.13 Å². The normalized spacial score (nSPS) is 15.0. The number of rotatable bonds is 6. The van der Waals surface area contributed by atoms with E-state index in [2.05, 4.69) is 10.3 Å². The van der Waals surface area contributed by atoms with Crippen molar-refractivity contribution in [1.82, 2.24) is 9.88 Å². The van der Waals surface area contributed by atoms with Gasteiger partial charge in [-0.3, -0.25) is 9.59 Å². The third-order valence-corrected chi connectivity index (χ3v) is 5.57. The maximum Gasteiger partial charge on any atom is 0.247 e. The highest BCUT2D eigenvalue weighted by Crippen LogP contribution is 2.23. The molecule has 0 saturated heterocycles.